The van der Waals surface area contributed by atoms with E-state index in [1.807, 2.05) is 13.0 Å². The van der Waals surface area contributed by atoms with Gasteiger partial charge in [0, 0.05) is 5.56 Å². The Bertz CT molecular complexity index is 386. The summed E-state index contributed by atoms with van der Waals surface area (Å²) in [4.78, 5) is 0. The summed E-state index contributed by atoms with van der Waals surface area (Å²) in [6, 6.07) is 5.30. The fourth-order valence-corrected chi connectivity index (χ4v) is 1.78. The fraction of sp³-hybridized carbons (Fsp3) is 0.455. The average Bonchev–Trinajstić information content (AvgIpc) is 2.22. The molecule has 0 saturated carbocycles. The molecule has 88 valence electrons. The standard InChI is InChI=1S/C11H13Cl2NO2/c1-11(14)5-15-10(16-6-11)7-2-3-8(12)9(13)4-7/h2-4,10H,5-6,14H2,1H3. The van der Waals surface area contributed by atoms with Gasteiger partial charge in [-0.25, -0.2) is 0 Å². The minimum absolute atomic E-state index is 0.411. The maximum absolute atomic E-state index is 5.92. The monoisotopic (exact) mass is 261 g/mol. The molecule has 0 bridgehead atoms. The summed E-state index contributed by atoms with van der Waals surface area (Å²) in [6.07, 6.45) is -0.411. The van der Waals surface area contributed by atoms with Gasteiger partial charge in [0.1, 0.15) is 0 Å². The van der Waals surface area contributed by atoms with Gasteiger partial charge in [-0.1, -0.05) is 29.3 Å². The van der Waals surface area contributed by atoms with E-state index in [1.54, 1.807) is 12.1 Å². The van der Waals surface area contributed by atoms with Gasteiger partial charge in [0.25, 0.3) is 0 Å². The minimum Gasteiger partial charge on any atom is -0.346 e. The molecule has 1 fully saturated rings. The zero-order valence-corrected chi connectivity index (χ0v) is 10.4. The highest BCUT2D eigenvalue weighted by atomic mass is 35.5. The van der Waals surface area contributed by atoms with Crippen molar-refractivity contribution in [3.63, 3.8) is 0 Å². The second kappa shape index (κ2) is 4.51. The number of hydrogen-bond acceptors (Lipinski definition) is 3. The number of halogens is 2. The summed E-state index contributed by atoms with van der Waals surface area (Å²) in [5.41, 5.74) is 6.30. The van der Waals surface area contributed by atoms with E-state index in [1.165, 1.54) is 0 Å². The van der Waals surface area contributed by atoms with Crippen LogP contribution in [0.1, 0.15) is 18.8 Å². The predicted octanol–water partition coefficient (Wildman–Crippen LogP) is 2.76. The first-order valence-corrected chi connectivity index (χ1v) is 5.71. The molecule has 0 unspecified atom stereocenters. The first kappa shape index (κ1) is 12.1. The fourth-order valence-electron chi connectivity index (χ4n) is 1.47. The van der Waals surface area contributed by atoms with Crippen molar-refractivity contribution in [2.75, 3.05) is 13.2 Å². The smallest absolute Gasteiger partial charge is 0.184 e. The molecule has 0 radical (unpaired) electrons. The Morgan fingerprint density at radius 3 is 2.44 bits per heavy atom. The Kier molecular flexibility index (Phi) is 3.42. The molecule has 1 aliphatic heterocycles. The normalized spacial score (nSPS) is 30.4. The quantitative estimate of drug-likeness (QED) is 0.846. The molecule has 5 heteroatoms. The third-order valence-corrected chi connectivity index (χ3v) is 3.08. The number of nitrogens with two attached hydrogens (primary N) is 1. The molecule has 0 aliphatic carbocycles. The lowest BCUT2D eigenvalue weighted by Gasteiger charge is -2.34. The highest BCUT2D eigenvalue weighted by Gasteiger charge is 2.29. The third kappa shape index (κ3) is 2.67. The van der Waals surface area contributed by atoms with Crippen molar-refractivity contribution < 1.29 is 9.47 Å². The summed E-state index contributed by atoms with van der Waals surface area (Å²) >= 11 is 11.8. The summed E-state index contributed by atoms with van der Waals surface area (Å²) < 4.78 is 11.1. The Morgan fingerprint density at radius 2 is 1.88 bits per heavy atom. The first-order valence-electron chi connectivity index (χ1n) is 4.95. The van der Waals surface area contributed by atoms with Crippen LogP contribution in [0, 0.1) is 0 Å². The number of ether oxygens (including phenoxy) is 2. The van der Waals surface area contributed by atoms with E-state index in [4.69, 9.17) is 38.4 Å². The Balaban J connectivity index is 2.11. The van der Waals surface area contributed by atoms with Crippen molar-refractivity contribution in [1.29, 1.82) is 0 Å². The largest absolute Gasteiger partial charge is 0.346 e. The lowest BCUT2D eigenvalue weighted by molar-refractivity contribution is -0.208. The van der Waals surface area contributed by atoms with Crippen LogP contribution < -0.4 is 5.73 Å². The second-order valence-electron chi connectivity index (χ2n) is 4.28. The Hall–Kier alpha value is -0.320. The van der Waals surface area contributed by atoms with Crippen LogP contribution >= 0.6 is 23.2 Å². The summed E-state index contributed by atoms with van der Waals surface area (Å²) in [7, 11) is 0. The summed E-state index contributed by atoms with van der Waals surface area (Å²) in [5, 5.41) is 1.01. The lowest BCUT2D eigenvalue weighted by Crippen LogP contribution is -2.49. The molecule has 2 rings (SSSR count). The highest BCUT2D eigenvalue weighted by molar-refractivity contribution is 6.42. The average molecular weight is 262 g/mol. The molecule has 0 amide bonds. The molecule has 1 aliphatic rings. The van der Waals surface area contributed by atoms with Gasteiger partial charge < -0.3 is 15.2 Å². The van der Waals surface area contributed by atoms with Gasteiger partial charge in [0.15, 0.2) is 6.29 Å². The molecular formula is C11H13Cl2NO2. The van der Waals surface area contributed by atoms with Gasteiger partial charge in [-0.3, -0.25) is 0 Å². The van der Waals surface area contributed by atoms with Gasteiger partial charge in [-0.15, -0.1) is 0 Å². The lowest BCUT2D eigenvalue weighted by atomic mass is 10.1. The van der Waals surface area contributed by atoms with Crippen molar-refractivity contribution in [3.05, 3.63) is 33.8 Å². The van der Waals surface area contributed by atoms with Crippen LogP contribution in [0.5, 0.6) is 0 Å². The van der Waals surface area contributed by atoms with Gasteiger partial charge in [0.05, 0.1) is 28.8 Å². The van der Waals surface area contributed by atoms with Crippen LogP contribution in [-0.4, -0.2) is 18.8 Å². The van der Waals surface area contributed by atoms with Crippen LogP contribution in [0.4, 0.5) is 0 Å². The zero-order valence-electron chi connectivity index (χ0n) is 8.87. The number of hydrogen-bond donors (Lipinski definition) is 1. The van der Waals surface area contributed by atoms with Crippen molar-refractivity contribution in [1.82, 2.24) is 0 Å². The second-order valence-corrected chi connectivity index (χ2v) is 5.10. The van der Waals surface area contributed by atoms with Crippen molar-refractivity contribution in [2.45, 2.75) is 18.8 Å². The van der Waals surface area contributed by atoms with Crippen LogP contribution in [0.3, 0.4) is 0 Å². The van der Waals surface area contributed by atoms with Crippen LogP contribution in [0.15, 0.2) is 18.2 Å². The molecule has 1 heterocycles. The molecule has 0 atom stereocenters. The molecule has 16 heavy (non-hydrogen) atoms. The van der Waals surface area contributed by atoms with E-state index in [0.717, 1.165) is 5.56 Å². The summed E-state index contributed by atoms with van der Waals surface area (Å²) in [6.45, 7) is 2.80. The number of rotatable bonds is 1. The zero-order chi connectivity index (χ0) is 11.8. The Morgan fingerprint density at radius 1 is 1.25 bits per heavy atom. The van der Waals surface area contributed by atoms with E-state index in [2.05, 4.69) is 0 Å². The van der Waals surface area contributed by atoms with Crippen LogP contribution in [0.2, 0.25) is 10.0 Å². The van der Waals surface area contributed by atoms with Crippen molar-refractivity contribution >= 4 is 23.2 Å². The molecule has 1 aromatic rings. The molecule has 0 spiro atoms. The molecular weight excluding hydrogens is 249 g/mol. The molecule has 1 aromatic carbocycles. The van der Waals surface area contributed by atoms with Crippen LogP contribution in [0.25, 0.3) is 0 Å². The van der Waals surface area contributed by atoms with E-state index in [-0.39, 0.29) is 0 Å². The maximum atomic E-state index is 5.92. The van der Waals surface area contributed by atoms with Crippen molar-refractivity contribution in [2.24, 2.45) is 5.73 Å². The molecule has 3 nitrogen and oxygen atoms in total. The minimum atomic E-state index is -0.424. The Labute approximate surface area is 104 Å². The third-order valence-electron chi connectivity index (χ3n) is 2.34. The van der Waals surface area contributed by atoms with E-state index in [9.17, 15) is 0 Å². The number of benzene rings is 1. The first-order chi connectivity index (χ1) is 7.48. The van der Waals surface area contributed by atoms with Gasteiger partial charge in [-0.2, -0.15) is 0 Å². The van der Waals surface area contributed by atoms with Crippen LogP contribution in [-0.2, 0) is 9.47 Å². The maximum Gasteiger partial charge on any atom is 0.184 e. The molecule has 2 N–H and O–H groups in total. The predicted molar refractivity (Wildman–Crippen MR) is 63.7 cm³/mol. The van der Waals surface area contributed by atoms with E-state index < -0.39 is 11.8 Å². The highest BCUT2D eigenvalue weighted by Crippen LogP contribution is 2.30. The summed E-state index contributed by atoms with van der Waals surface area (Å²) in [5.74, 6) is 0. The van der Waals surface area contributed by atoms with E-state index >= 15 is 0 Å². The van der Waals surface area contributed by atoms with Gasteiger partial charge in [-0.05, 0) is 19.1 Å². The van der Waals surface area contributed by atoms with Gasteiger partial charge in [0.2, 0.25) is 0 Å². The SMILES string of the molecule is CC1(N)COC(c2ccc(Cl)c(Cl)c2)OC1. The topological polar surface area (TPSA) is 44.5 Å². The van der Waals surface area contributed by atoms with E-state index in [0.29, 0.717) is 23.3 Å². The van der Waals surface area contributed by atoms with Gasteiger partial charge >= 0.3 is 0 Å². The molecule has 1 saturated heterocycles. The van der Waals surface area contributed by atoms with Crippen molar-refractivity contribution in [3.8, 4) is 0 Å². The molecule has 0 aromatic heterocycles.